The van der Waals surface area contributed by atoms with Crippen molar-refractivity contribution in [1.82, 2.24) is 4.90 Å². The summed E-state index contributed by atoms with van der Waals surface area (Å²) in [5.74, 6) is -0.946. The van der Waals surface area contributed by atoms with Crippen LogP contribution in [0.25, 0.3) is 0 Å². The van der Waals surface area contributed by atoms with E-state index in [0.717, 1.165) is 12.8 Å². The van der Waals surface area contributed by atoms with Gasteiger partial charge in [-0.25, -0.2) is 9.18 Å². The highest BCUT2D eigenvalue weighted by molar-refractivity contribution is 5.92. The molecule has 1 saturated heterocycles. The first-order valence-electron chi connectivity index (χ1n) is 8.57. The van der Waals surface area contributed by atoms with Crippen molar-refractivity contribution < 1.29 is 23.8 Å². The van der Waals surface area contributed by atoms with E-state index in [9.17, 15) is 19.1 Å². The molecule has 2 N–H and O–H groups in total. The third kappa shape index (κ3) is 3.27. The van der Waals surface area contributed by atoms with E-state index in [4.69, 9.17) is 4.74 Å². The number of carbonyl (C=O) groups is 2. The maximum Gasteiger partial charge on any atom is 0.321 e. The average Bonchev–Trinajstić information content (AvgIpc) is 3.07. The van der Waals surface area contributed by atoms with Crippen LogP contribution in [0, 0.1) is 17.2 Å². The van der Waals surface area contributed by atoms with E-state index in [1.165, 1.54) is 23.1 Å². The maximum absolute atomic E-state index is 13.6. The number of rotatable bonds is 4. The number of nitrogens with zero attached hydrogens (tertiary/aromatic N) is 1. The Balaban J connectivity index is 1.75. The molecule has 1 aromatic rings. The van der Waals surface area contributed by atoms with E-state index in [1.807, 2.05) is 13.8 Å². The smallest absolute Gasteiger partial charge is 0.321 e. The fourth-order valence-electron chi connectivity index (χ4n) is 3.94. The molecule has 1 heterocycles. The molecule has 136 valence electrons. The summed E-state index contributed by atoms with van der Waals surface area (Å²) in [6.07, 6.45) is 2.17. The molecule has 0 unspecified atom stereocenters. The van der Waals surface area contributed by atoms with Gasteiger partial charge in [0, 0.05) is 19.2 Å². The summed E-state index contributed by atoms with van der Waals surface area (Å²) in [7, 11) is 0. The molecule has 6 nitrogen and oxygen atoms in total. The lowest BCUT2D eigenvalue weighted by Crippen LogP contribution is -2.38. The summed E-state index contributed by atoms with van der Waals surface area (Å²) >= 11 is 0. The SMILES string of the molecule is CC(C)Oc1ccc(F)cc1NC(=O)N1C[C@@H]2CCC[C@@]2(C(=O)O)C1. The van der Waals surface area contributed by atoms with Crippen LogP contribution >= 0.6 is 0 Å². The number of likely N-dealkylation sites (tertiary alicyclic amines) is 1. The molecule has 3 rings (SSSR count). The van der Waals surface area contributed by atoms with Crippen molar-refractivity contribution in [2.45, 2.75) is 39.2 Å². The van der Waals surface area contributed by atoms with E-state index in [2.05, 4.69) is 5.32 Å². The molecule has 0 spiro atoms. The molecule has 1 saturated carbocycles. The minimum Gasteiger partial charge on any atom is -0.489 e. The Morgan fingerprint density at radius 3 is 2.84 bits per heavy atom. The number of anilines is 1. The largest absolute Gasteiger partial charge is 0.489 e. The molecule has 0 aromatic heterocycles. The van der Waals surface area contributed by atoms with E-state index < -0.39 is 23.2 Å². The number of nitrogens with one attached hydrogen (secondary N) is 1. The van der Waals surface area contributed by atoms with Crippen LogP contribution in [0.1, 0.15) is 33.1 Å². The molecule has 0 radical (unpaired) electrons. The van der Waals surface area contributed by atoms with Gasteiger partial charge < -0.3 is 20.1 Å². The maximum atomic E-state index is 13.6. The molecule has 1 aliphatic carbocycles. The number of benzene rings is 1. The minimum atomic E-state index is -0.837. The molecular formula is C18H23FN2O4. The van der Waals surface area contributed by atoms with Gasteiger partial charge in [-0.15, -0.1) is 0 Å². The summed E-state index contributed by atoms with van der Waals surface area (Å²) in [5, 5.41) is 12.3. The lowest BCUT2D eigenvalue weighted by Gasteiger charge is -2.23. The predicted octanol–water partition coefficient (Wildman–Crippen LogP) is 3.33. The van der Waals surface area contributed by atoms with Crippen molar-refractivity contribution in [2.24, 2.45) is 11.3 Å². The standard InChI is InChI=1S/C18H23FN2O4/c1-11(2)25-15-6-5-13(19)8-14(15)20-17(24)21-9-12-4-3-7-18(12,10-21)16(22)23/h5-6,8,11-12H,3-4,7,9-10H2,1-2H3,(H,20,24)(H,22,23)/t12-,18+/m0/s1. The molecule has 1 aromatic carbocycles. The normalized spacial score (nSPS) is 25.1. The summed E-state index contributed by atoms with van der Waals surface area (Å²) in [4.78, 5) is 25.8. The summed E-state index contributed by atoms with van der Waals surface area (Å²) < 4.78 is 19.2. The van der Waals surface area contributed by atoms with Crippen LogP contribution in [0.15, 0.2) is 18.2 Å². The van der Waals surface area contributed by atoms with Gasteiger partial charge in [-0.05, 0) is 44.7 Å². The number of aliphatic carboxylic acids is 1. The fraction of sp³-hybridized carbons (Fsp3) is 0.556. The zero-order chi connectivity index (χ0) is 18.2. The van der Waals surface area contributed by atoms with Gasteiger partial charge in [0.2, 0.25) is 0 Å². The van der Waals surface area contributed by atoms with Crippen LogP contribution in [-0.2, 0) is 4.79 Å². The Morgan fingerprint density at radius 1 is 1.44 bits per heavy atom. The summed E-state index contributed by atoms with van der Waals surface area (Å²) in [6, 6.07) is 3.53. The predicted molar refractivity (Wildman–Crippen MR) is 90.2 cm³/mol. The number of carboxylic acids is 1. The quantitative estimate of drug-likeness (QED) is 0.873. The molecule has 2 amide bonds. The number of urea groups is 1. The van der Waals surface area contributed by atoms with E-state index in [1.54, 1.807) is 0 Å². The molecule has 2 aliphatic rings. The van der Waals surface area contributed by atoms with Gasteiger partial charge >= 0.3 is 12.0 Å². The minimum absolute atomic E-state index is 0.0188. The van der Waals surface area contributed by atoms with Gasteiger partial charge in [0.05, 0.1) is 17.2 Å². The van der Waals surface area contributed by atoms with Crippen LogP contribution in [0.5, 0.6) is 5.75 Å². The highest BCUT2D eigenvalue weighted by atomic mass is 19.1. The average molecular weight is 350 g/mol. The van der Waals surface area contributed by atoms with E-state index in [-0.39, 0.29) is 24.3 Å². The second-order valence-corrected chi connectivity index (χ2v) is 7.17. The van der Waals surface area contributed by atoms with Gasteiger partial charge in [0.25, 0.3) is 0 Å². The summed E-state index contributed by atoms with van der Waals surface area (Å²) in [5.41, 5.74) is -0.587. The molecule has 7 heteroatoms. The van der Waals surface area contributed by atoms with Crippen molar-refractivity contribution in [3.05, 3.63) is 24.0 Å². The highest BCUT2D eigenvalue weighted by Crippen LogP contribution is 2.49. The molecule has 0 bridgehead atoms. The highest BCUT2D eigenvalue weighted by Gasteiger charge is 2.55. The van der Waals surface area contributed by atoms with Gasteiger partial charge in [0.15, 0.2) is 0 Å². The van der Waals surface area contributed by atoms with Gasteiger partial charge in [-0.1, -0.05) is 6.42 Å². The molecule has 2 fully saturated rings. The topological polar surface area (TPSA) is 78.9 Å². The third-order valence-corrected chi connectivity index (χ3v) is 5.13. The van der Waals surface area contributed by atoms with Crippen molar-refractivity contribution in [1.29, 1.82) is 0 Å². The Bertz CT molecular complexity index is 694. The summed E-state index contributed by atoms with van der Waals surface area (Å²) in [6.45, 7) is 4.28. The zero-order valence-electron chi connectivity index (χ0n) is 14.4. The van der Waals surface area contributed by atoms with E-state index in [0.29, 0.717) is 18.7 Å². The third-order valence-electron chi connectivity index (χ3n) is 5.13. The second kappa shape index (κ2) is 6.54. The van der Waals surface area contributed by atoms with Crippen molar-refractivity contribution in [3.8, 4) is 5.75 Å². The van der Waals surface area contributed by atoms with Crippen LogP contribution in [-0.4, -0.2) is 41.2 Å². The van der Waals surface area contributed by atoms with Crippen molar-refractivity contribution in [3.63, 3.8) is 0 Å². The Morgan fingerprint density at radius 2 is 2.20 bits per heavy atom. The number of amides is 2. The first-order chi connectivity index (χ1) is 11.8. The first-order valence-corrected chi connectivity index (χ1v) is 8.57. The Hall–Kier alpha value is -2.31. The molecular weight excluding hydrogens is 327 g/mol. The van der Waals surface area contributed by atoms with E-state index >= 15 is 0 Å². The fourth-order valence-corrected chi connectivity index (χ4v) is 3.94. The van der Waals surface area contributed by atoms with Crippen LogP contribution in [0.4, 0.5) is 14.9 Å². The van der Waals surface area contributed by atoms with Gasteiger partial charge in [-0.2, -0.15) is 0 Å². The van der Waals surface area contributed by atoms with Gasteiger partial charge in [0.1, 0.15) is 11.6 Å². The monoisotopic (exact) mass is 350 g/mol. The van der Waals surface area contributed by atoms with Crippen molar-refractivity contribution in [2.75, 3.05) is 18.4 Å². The number of hydrogen-bond acceptors (Lipinski definition) is 3. The zero-order valence-corrected chi connectivity index (χ0v) is 14.4. The van der Waals surface area contributed by atoms with Crippen molar-refractivity contribution >= 4 is 17.7 Å². The van der Waals surface area contributed by atoms with Crippen LogP contribution in [0.2, 0.25) is 0 Å². The lowest BCUT2D eigenvalue weighted by molar-refractivity contribution is -0.149. The van der Waals surface area contributed by atoms with Crippen LogP contribution in [0.3, 0.4) is 0 Å². The Kier molecular flexibility index (Phi) is 4.58. The number of carbonyl (C=O) groups excluding carboxylic acids is 1. The Labute approximate surface area is 146 Å². The number of fused-ring (bicyclic) bond motifs is 1. The molecule has 1 aliphatic heterocycles. The number of halogens is 1. The number of ether oxygens (including phenoxy) is 1. The molecule has 25 heavy (non-hydrogen) atoms. The number of hydrogen-bond donors (Lipinski definition) is 2. The van der Waals surface area contributed by atoms with Crippen LogP contribution < -0.4 is 10.1 Å². The van der Waals surface area contributed by atoms with Gasteiger partial charge in [-0.3, -0.25) is 4.79 Å². The second-order valence-electron chi connectivity index (χ2n) is 7.17. The number of carboxylic acid groups (broad SMARTS) is 1. The molecule has 2 atom stereocenters. The lowest BCUT2D eigenvalue weighted by atomic mass is 9.81. The first kappa shape index (κ1) is 17.5.